The van der Waals surface area contributed by atoms with Crippen LogP contribution in [0.1, 0.15) is 75.8 Å². The van der Waals surface area contributed by atoms with Crippen LogP contribution in [-0.4, -0.2) is 0 Å². The van der Waals surface area contributed by atoms with Crippen LogP contribution in [0, 0.1) is 42.1 Å². The Kier molecular flexibility index (Phi) is 8.75. The number of benzene rings is 3. The standard InChI is InChI=1S/C36H39F3/c1-3-4-5-6-25-8-10-26(11-9-25)27-12-14-28(15-13-27)31-20-22-32(34(37)23-31)29-16-18-30(19-17-29)33-21-7-24(2)35(38)36(33)39/h3-4,7,14,16-23,25-27H,5-6,8-13,15H2,1-2H3. The summed E-state index contributed by atoms with van der Waals surface area (Å²) in [6.45, 7) is 3.64. The summed E-state index contributed by atoms with van der Waals surface area (Å²) in [6.07, 6.45) is 18.1. The van der Waals surface area contributed by atoms with E-state index >= 15 is 4.39 Å². The third-order valence-corrected chi connectivity index (χ3v) is 9.11. The lowest BCUT2D eigenvalue weighted by Gasteiger charge is -2.35. The molecule has 3 aromatic rings. The first-order chi connectivity index (χ1) is 18.9. The molecule has 0 bridgehead atoms. The molecular weight excluding hydrogens is 489 g/mol. The summed E-state index contributed by atoms with van der Waals surface area (Å²) >= 11 is 0. The van der Waals surface area contributed by atoms with Gasteiger partial charge in [-0.1, -0.05) is 79.6 Å². The molecule has 3 heteroatoms. The second-order valence-corrected chi connectivity index (χ2v) is 11.5. The van der Waals surface area contributed by atoms with E-state index in [0.717, 1.165) is 41.7 Å². The summed E-state index contributed by atoms with van der Waals surface area (Å²) in [5, 5.41) is 0. The smallest absolute Gasteiger partial charge is 0.166 e. The Labute approximate surface area is 231 Å². The molecule has 0 spiro atoms. The molecule has 2 aliphatic rings. The average Bonchev–Trinajstić information content (AvgIpc) is 2.97. The Balaban J connectivity index is 1.22. The van der Waals surface area contributed by atoms with Crippen molar-refractivity contribution in [1.29, 1.82) is 0 Å². The normalized spacial score (nSPS) is 21.8. The van der Waals surface area contributed by atoms with Crippen LogP contribution in [0.5, 0.6) is 0 Å². The molecule has 5 rings (SSSR count). The minimum absolute atomic E-state index is 0.209. The van der Waals surface area contributed by atoms with Crippen LogP contribution in [0.3, 0.4) is 0 Å². The molecule has 2 aliphatic carbocycles. The number of aryl methyl sites for hydroxylation is 1. The molecule has 204 valence electrons. The Bertz CT molecular complexity index is 1340. The van der Waals surface area contributed by atoms with Crippen molar-refractivity contribution in [2.75, 3.05) is 0 Å². The van der Waals surface area contributed by atoms with E-state index in [2.05, 4.69) is 25.2 Å². The molecule has 0 nitrogen and oxygen atoms in total. The van der Waals surface area contributed by atoms with Crippen LogP contribution in [0.15, 0.2) is 72.8 Å². The van der Waals surface area contributed by atoms with Gasteiger partial charge in [0.25, 0.3) is 0 Å². The van der Waals surface area contributed by atoms with Crippen molar-refractivity contribution in [3.05, 3.63) is 101 Å². The fourth-order valence-electron chi connectivity index (χ4n) is 6.64. The van der Waals surface area contributed by atoms with E-state index in [-0.39, 0.29) is 16.9 Å². The van der Waals surface area contributed by atoms with Crippen LogP contribution in [0.2, 0.25) is 0 Å². The number of allylic oxidation sites excluding steroid dienone is 4. The number of hydrogen-bond acceptors (Lipinski definition) is 0. The Morgan fingerprint density at radius 2 is 1.41 bits per heavy atom. The summed E-state index contributed by atoms with van der Waals surface area (Å²) in [5.74, 6) is 0.565. The molecule has 0 amide bonds. The maximum Gasteiger partial charge on any atom is 0.166 e. The summed E-state index contributed by atoms with van der Waals surface area (Å²) in [6, 6.07) is 15.6. The third-order valence-electron chi connectivity index (χ3n) is 9.11. The van der Waals surface area contributed by atoms with Gasteiger partial charge in [0.1, 0.15) is 5.82 Å². The zero-order valence-corrected chi connectivity index (χ0v) is 23.2. The van der Waals surface area contributed by atoms with Crippen molar-refractivity contribution in [3.8, 4) is 22.3 Å². The van der Waals surface area contributed by atoms with E-state index in [1.54, 1.807) is 49.4 Å². The zero-order chi connectivity index (χ0) is 27.4. The molecule has 1 unspecified atom stereocenters. The summed E-state index contributed by atoms with van der Waals surface area (Å²) in [5.41, 5.74) is 4.50. The van der Waals surface area contributed by atoms with Gasteiger partial charge in [0.2, 0.25) is 0 Å². The molecule has 0 saturated heterocycles. The maximum absolute atomic E-state index is 15.3. The molecule has 0 heterocycles. The van der Waals surface area contributed by atoms with Crippen LogP contribution < -0.4 is 0 Å². The highest BCUT2D eigenvalue weighted by molar-refractivity contribution is 5.74. The van der Waals surface area contributed by atoms with E-state index in [9.17, 15) is 8.78 Å². The SMILES string of the molecule is CC=CCCC1CCC(C2CC=C(c3ccc(-c4ccc(-c5ccc(C)c(F)c5F)cc4)c(F)c3)CC2)CC1. The molecule has 39 heavy (non-hydrogen) atoms. The van der Waals surface area contributed by atoms with Crippen LogP contribution in [0.4, 0.5) is 13.2 Å². The van der Waals surface area contributed by atoms with E-state index < -0.39 is 11.6 Å². The van der Waals surface area contributed by atoms with Gasteiger partial charge in [-0.3, -0.25) is 0 Å². The largest absolute Gasteiger partial charge is 0.206 e. The third kappa shape index (κ3) is 6.24. The predicted octanol–water partition coefficient (Wildman–Crippen LogP) is 11.1. The Morgan fingerprint density at radius 1 is 0.744 bits per heavy atom. The summed E-state index contributed by atoms with van der Waals surface area (Å²) < 4.78 is 43.7. The van der Waals surface area contributed by atoms with Crippen molar-refractivity contribution in [3.63, 3.8) is 0 Å². The molecule has 1 fully saturated rings. The molecule has 1 saturated carbocycles. The molecule has 0 radical (unpaired) electrons. The van der Waals surface area contributed by atoms with E-state index in [0.29, 0.717) is 11.1 Å². The van der Waals surface area contributed by atoms with E-state index in [4.69, 9.17) is 0 Å². The number of hydrogen-bond donors (Lipinski definition) is 0. The van der Waals surface area contributed by atoms with Crippen LogP contribution in [-0.2, 0) is 0 Å². The van der Waals surface area contributed by atoms with E-state index in [1.807, 2.05) is 12.1 Å². The van der Waals surface area contributed by atoms with Gasteiger partial charge in [-0.15, -0.1) is 0 Å². The molecule has 1 atom stereocenters. The first-order valence-corrected chi connectivity index (χ1v) is 14.6. The highest BCUT2D eigenvalue weighted by atomic mass is 19.2. The quantitative estimate of drug-likeness (QED) is 0.268. The maximum atomic E-state index is 15.3. The number of rotatable bonds is 7. The van der Waals surface area contributed by atoms with Crippen LogP contribution in [0.25, 0.3) is 27.8 Å². The van der Waals surface area contributed by atoms with Crippen LogP contribution >= 0.6 is 0 Å². The zero-order valence-electron chi connectivity index (χ0n) is 23.2. The fourth-order valence-corrected chi connectivity index (χ4v) is 6.64. The molecule has 0 aliphatic heterocycles. The van der Waals surface area contributed by atoms with Gasteiger partial charge in [-0.05, 0) is 110 Å². The van der Waals surface area contributed by atoms with Crippen molar-refractivity contribution in [1.82, 2.24) is 0 Å². The fraction of sp³-hybridized carbons (Fsp3) is 0.389. The van der Waals surface area contributed by atoms with Gasteiger partial charge in [0, 0.05) is 11.1 Å². The van der Waals surface area contributed by atoms with Crippen molar-refractivity contribution in [2.24, 2.45) is 17.8 Å². The van der Waals surface area contributed by atoms with Crippen molar-refractivity contribution >= 4 is 5.57 Å². The highest BCUT2D eigenvalue weighted by Gasteiger charge is 2.28. The first-order valence-electron chi connectivity index (χ1n) is 14.6. The van der Waals surface area contributed by atoms with Gasteiger partial charge in [-0.2, -0.15) is 0 Å². The van der Waals surface area contributed by atoms with Crippen molar-refractivity contribution < 1.29 is 13.2 Å². The average molecular weight is 529 g/mol. The van der Waals surface area contributed by atoms with Gasteiger partial charge in [0.05, 0.1) is 0 Å². The predicted molar refractivity (Wildman–Crippen MR) is 157 cm³/mol. The van der Waals surface area contributed by atoms with Gasteiger partial charge in [0.15, 0.2) is 11.6 Å². The Morgan fingerprint density at radius 3 is 2.05 bits per heavy atom. The molecule has 0 N–H and O–H groups in total. The van der Waals surface area contributed by atoms with Gasteiger partial charge < -0.3 is 0 Å². The van der Waals surface area contributed by atoms with Crippen molar-refractivity contribution in [2.45, 2.75) is 71.6 Å². The Hall–Kier alpha value is -3.07. The second-order valence-electron chi connectivity index (χ2n) is 11.5. The molecule has 3 aromatic carbocycles. The number of halogens is 3. The monoisotopic (exact) mass is 528 g/mol. The van der Waals surface area contributed by atoms with Gasteiger partial charge >= 0.3 is 0 Å². The molecule has 0 aromatic heterocycles. The lowest BCUT2D eigenvalue weighted by Crippen LogP contribution is -2.23. The minimum Gasteiger partial charge on any atom is -0.206 e. The molecular formula is C36H39F3. The minimum atomic E-state index is -0.853. The first kappa shape index (κ1) is 27.5. The second kappa shape index (κ2) is 12.4. The highest BCUT2D eigenvalue weighted by Crippen LogP contribution is 2.42. The summed E-state index contributed by atoms with van der Waals surface area (Å²) in [4.78, 5) is 0. The van der Waals surface area contributed by atoms with E-state index in [1.165, 1.54) is 50.5 Å². The summed E-state index contributed by atoms with van der Waals surface area (Å²) in [7, 11) is 0. The topological polar surface area (TPSA) is 0 Å². The van der Waals surface area contributed by atoms with Gasteiger partial charge in [-0.25, -0.2) is 13.2 Å². The lowest BCUT2D eigenvalue weighted by atomic mass is 9.70. The lowest BCUT2D eigenvalue weighted by molar-refractivity contribution is 0.190.